The molecule has 2 atom stereocenters. The average Bonchev–Trinajstić information content (AvgIpc) is 3.49. The molecular weight excluding hydrogens is 536 g/mol. The predicted octanol–water partition coefficient (Wildman–Crippen LogP) is 3.18. The smallest absolute Gasteiger partial charge is 0.286 e. The van der Waals surface area contributed by atoms with Gasteiger partial charge in [-0.1, -0.05) is 25.0 Å². The van der Waals surface area contributed by atoms with Crippen LogP contribution < -0.4 is 14.8 Å². The molecule has 40 heavy (non-hydrogen) atoms. The van der Waals surface area contributed by atoms with Crippen molar-refractivity contribution in [2.75, 3.05) is 40.5 Å². The Labute approximate surface area is 235 Å². The van der Waals surface area contributed by atoms with E-state index in [1.807, 2.05) is 30.3 Å². The zero-order valence-electron chi connectivity index (χ0n) is 23.0. The molecule has 1 heterocycles. The Hall–Kier alpha value is -3.12. The zero-order valence-corrected chi connectivity index (χ0v) is 23.8. The van der Waals surface area contributed by atoms with Crippen LogP contribution >= 0.6 is 0 Å². The number of aliphatic hydroxyl groups excluding tert-OH is 1. The van der Waals surface area contributed by atoms with Crippen molar-refractivity contribution in [1.29, 1.82) is 0 Å². The highest BCUT2D eigenvalue weighted by Gasteiger charge is 2.31. The molecule has 1 fully saturated rings. The van der Waals surface area contributed by atoms with E-state index in [1.165, 1.54) is 23.5 Å². The lowest BCUT2D eigenvalue weighted by molar-refractivity contribution is -0.146. The lowest BCUT2D eigenvalue weighted by Gasteiger charge is -2.30. The maximum Gasteiger partial charge on any atom is 0.286 e. The minimum atomic E-state index is -3.88. The van der Waals surface area contributed by atoms with Gasteiger partial charge < -0.3 is 29.4 Å². The Bertz CT molecular complexity index is 1240. The van der Waals surface area contributed by atoms with Crippen LogP contribution in [0.1, 0.15) is 43.6 Å². The monoisotopic (exact) mass is 574 g/mol. The summed E-state index contributed by atoms with van der Waals surface area (Å²) in [6.07, 6.45) is 5.58. The molecule has 10 nitrogen and oxygen atoms in total. The summed E-state index contributed by atoms with van der Waals surface area (Å²) in [6, 6.07) is 13.8. The van der Waals surface area contributed by atoms with Gasteiger partial charge in [-0.25, -0.2) is 8.42 Å². The molecule has 4 rings (SSSR count). The number of aliphatic hydroxyl groups is 1. The number of carbonyl (C=O) groups excluding carboxylic acids is 1. The number of benzene rings is 2. The second-order valence-corrected chi connectivity index (χ2v) is 11.8. The van der Waals surface area contributed by atoms with Gasteiger partial charge in [-0.3, -0.25) is 4.79 Å². The number of nitrogens with zero attached hydrogens (tertiary/aromatic N) is 1. The van der Waals surface area contributed by atoms with Crippen molar-refractivity contribution in [3.8, 4) is 11.5 Å². The van der Waals surface area contributed by atoms with Crippen LogP contribution in [-0.4, -0.2) is 76.6 Å². The highest BCUT2D eigenvalue weighted by atomic mass is 32.2. The van der Waals surface area contributed by atoms with Gasteiger partial charge in [0.2, 0.25) is 16.3 Å². The molecule has 1 aliphatic heterocycles. The first-order valence-corrected chi connectivity index (χ1v) is 15.0. The van der Waals surface area contributed by atoms with Crippen LogP contribution in [0.4, 0.5) is 0 Å². The standard InChI is InChI=1S/C29H38N2O8S/c1-36-24-9-7-21(8-10-24)22-19-27(29(33)30-23-5-3-4-6-23)39-28(20-22)38-18-16-31(15-17-32)40(34,35)26-13-11-25(37-2)12-14-26/h7-14,19,22-23,28,32H,3-6,15-18,20H2,1-2H3,(H,30,33)/t22-,28+/m0/s1. The summed E-state index contributed by atoms with van der Waals surface area (Å²) in [4.78, 5) is 13.2. The van der Waals surface area contributed by atoms with Crippen molar-refractivity contribution in [3.05, 3.63) is 65.9 Å². The third-order valence-electron chi connectivity index (χ3n) is 7.21. The summed E-state index contributed by atoms with van der Waals surface area (Å²) in [6.45, 7) is -0.433. The van der Waals surface area contributed by atoms with Gasteiger partial charge in [0.15, 0.2) is 5.76 Å². The first kappa shape index (κ1) is 29.9. The molecule has 2 aromatic carbocycles. The van der Waals surface area contributed by atoms with Crippen LogP contribution in [0.5, 0.6) is 11.5 Å². The van der Waals surface area contributed by atoms with E-state index in [1.54, 1.807) is 19.2 Å². The fourth-order valence-corrected chi connectivity index (χ4v) is 6.39. The average molecular weight is 575 g/mol. The molecule has 1 aliphatic carbocycles. The number of allylic oxidation sites excluding steroid dienone is 1. The molecule has 0 bridgehead atoms. The Morgan fingerprint density at radius 1 is 1.00 bits per heavy atom. The summed E-state index contributed by atoms with van der Waals surface area (Å²) in [5, 5.41) is 12.6. The highest BCUT2D eigenvalue weighted by Crippen LogP contribution is 2.33. The van der Waals surface area contributed by atoms with Gasteiger partial charge in [-0.15, -0.1) is 0 Å². The van der Waals surface area contributed by atoms with E-state index in [0.29, 0.717) is 12.2 Å². The van der Waals surface area contributed by atoms with Crippen LogP contribution in [0, 0.1) is 0 Å². The molecule has 2 aliphatic rings. The molecular formula is C29H38N2O8S. The number of nitrogens with one attached hydrogen (secondary N) is 1. The summed E-state index contributed by atoms with van der Waals surface area (Å²) in [7, 11) is -0.770. The third kappa shape index (κ3) is 7.54. The van der Waals surface area contributed by atoms with Crippen molar-refractivity contribution < 1.29 is 37.3 Å². The topological polar surface area (TPSA) is 124 Å². The van der Waals surface area contributed by atoms with Crippen molar-refractivity contribution in [1.82, 2.24) is 9.62 Å². The molecule has 0 spiro atoms. The van der Waals surface area contributed by atoms with E-state index in [-0.39, 0.29) is 54.8 Å². The minimum Gasteiger partial charge on any atom is -0.497 e. The fourth-order valence-electron chi connectivity index (χ4n) is 4.97. The highest BCUT2D eigenvalue weighted by molar-refractivity contribution is 7.89. The zero-order chi connectivity index (χ0) is 28.5. The molecule has 11 heteroatoms. The Morgan fingerprint density at radius 3 is 2.23 bits per heavy atom. The number of amides is 1. The van der Waals surface area contributed by atoms with Crippen molar-refractivity contribution in [2.24, 2.45) is 0 Å². The lowest BCUT2D eigenvalue weighted by atomic mass is 9.93. The molecule has 0 saturated heterocycles. The Kier molecular flexibility index (Phi) is 10.4. The van der Waals surface area contributed by atoms with E-state index in [0.717, 1.165) is 37.0 Å². The van der Waals surface area contributed by atoms with E-state index < -0.39 is 16.3 Å². The number of methoxy groups -OCH3 is 2. The number of hydrogen-bond donors (Lipinski definition) is 2. The van der Waals surface area contributed by atoms with Gasteiger partial charge in [0.1, 0.15) is 11.5 Å². The quantitative estimate of drug-likeness (QED) is 0.374. The van der Waals surface area contributed by atoms with Crippen LogP contribution in [0.25, 0.3) is 0 Å². The van der Waals surface area contributed by atoms with Crippen LogP contribution in [-0.2, 0) is 24.3 Å². The van der Waals surface area contributed by atoms with E-state index in [2.05, 4.69) is 5.32 Å². The predicted molar refractivity (Wildman–Crippen MR) is 148 cm³/mol. The van der Waals surface area contributed by atoms with Gasteiger partial charge in [0.05, 0.1) is 32.3 Å². The maximum absolute atomic E-state index is 13.2. The number of rotatable bonds is 13. The third-order valence-corrected chi connectivity index (χ3v) is 9.12. The van der Waals surface area contributed by atoms with Gasteiger partial charge in [0.25, 0.3) is 5.91 Å². The van der Waals surface area contributed by atoms with Crippen molar-refractivity contribution in [2.45, 2.75) is 55.2 Å². The molecule has 218 valence electrons. The second kappa shape index (κ2) is 14.0. The first-order valence-electron chi connectivity index (χ1n) is 13.5. The van der Waals surface area contributed by atoms with Gasteiger partial charge >= 0.3 is 0 Å². The lowest BCUT2D eigenvalue weighted by Crippen LogP contribution is -2.39. The second-order valence-electron chi connectivity index (χ2n) is 9.82. The van der Waals surface area contributed by atoms with E-state index in [9.17, 15) is 18.3 Å². The first-order chi connectivity index (χ1) is 19.3. The Morgan fingerprint density at radius 2 is 1.62 bits per heavy atom. The van der Waals surface area contributed by atoms with Crippen LogP contribution in [0.2, 0.25) is 0 Å². The SMILES string of the molecule is COc1ccc([C@H]2C=C(C(=O)NC3CCCC3)O[C@@H](OCCN(CCO)S(=O)(=O)c3ccc(OC)cc3)C2)cc1. The summed E-state index contributed by atoms with van der Waals surface area (Å²) in [5.74, 6) is 1.04. The molecule has 0 unspecified atom stereocenters. The summed E-state index contributed by atoms with van der Waals surface area (Å²) < 4.78 is 49.9. The summed E-state index contributed by atoms with van der Waals surface area (Å²) in [5.41, 5.74) is 0.979. The molecule has 1 saturated carbocycles. The molecule has 0 radical (unpaired) electrons. The number of carbonyl (C=O) groups is 1. The molecule has 2 aromatic rings. The normalized spacial score (nSPS) is 19.6. The Balaban J connectivity index is 1.45. The van der Waals surface area contributed by atoms with Gasteiger partial charge in [-0.05, 0) is 60.9 Å². The van der Waals surface area contributed by atoms with Crippen molar-refractivity contribution >= 4 is 15.9 Å². The molecule has 1 amide bonds. The molecule has 2 N–H and O–H groups in total. The molecule has 0 aromatic heterocycles. The van der Waals surface area contributed by atoms with Gasteiger partial charge in [0, 0.05) is 31.5 Å². The fraction of sp³-hybridized carbons (Fsp3) is 0.483. The summed E-state index contributed by atoms with van der Waals surface area (Å²) >= 11 is 0. The number of sulfonamides is 1. The number of ether oxygens (including phenoxy) is 4. The largest absolute Gasteiger partial charge is 0.497 e. The van der Waals surface area contributed by atoms with Gasteiger partial charge in [-0.2, -0.15) is 4.31 Å². The van der Waals surface area contributed by atoms with Crippen LogP contribution in [0.3, 0.4) is 0 Å². The van der Waals surface area contributed by atoms with E-state index in [4.69, 9.17) is 18.9 Å². The van der Waals surface area contributed by atoms with E-state index >= 15 is 0 Å². The number of hydrogen-bond acceptors (Lipinski definition) is 8. The maximum atomic E-state index is 13.2. The van der Waals surface area contributed by atoms with Crippen molar-refractivity contribution in [3.63, 3.8) is 0 Å². The minimum absolute atomic E-state index is 0.00466. The van der Waals surface area contributed by atoms with Crippen LogP contribution in [0.15, 0.2) is 65.3 Å².